The van der Waals surface area contributed by atoms with Crippen molar-refractivity contribution in [2.24, 2.45) is 0 Å². The zero-order valence-corrected chi connectivity index (χ0v) is 11.5. The van der Waals surface area contributed by atoms with E-state index in [1.165, 1.54) is 12.1 Å². The van der Waals surface area contributed by atoms with Gasteiger partial charge in [-0.3, -0.25) is 4.79 Å². The van der Waals surface area contributed by atoms with Gasteiger partial charge in [-0.15, -0.1) is 11.8 Å². The van der Waals surface area contributed by atoms with Crippen molar-refractivity contribution in [2.75, 3.05) is 0 Å². The van der Waals surface area contributed by atoms with E-state index in [0.29, 0.717) is 6.42 Å². The molecule has 0 aromatic heterocycles. The fourth-order valence-corrected chi connectivity index (χ4v) is 3.07. The molecule has 0 radical (unpaired) electrons. The van der Waals surface area contributed by atoms with Gasteiger partial charge in [-0.25, -0.2) is 4.39 Å². The van der Waals surface area contributed by atoms with Crippen LogP contribution in [0.25, 0.3) is 0 Å². The SMILES string of the molecule is CC(=O)CC(Sc1ccc(F)cc1)c1ccccc1. The standard InChI is InChI=1S/C16H15FOS/c1-12(18)11-16(13-5-3-2-4-6-13)19-15-9-7-14(17)8-10-15/h2-10,16H,11H2,1H3. The molecule has 0 heterocycles. The molecule has 0 aliphatic heterocycles. The molecule has 0 saturated heterocycles. The fraction of sp³-hybridized carbons (Fsp3) is 0.188. The van der Waals surface area contributed by atoms with E-state index in [1.807, 2.05) is 30.3 Å². The Labute approximate surface area is 116 Å². The van der Waals surface area contributed by atoms with Crippen LogP contribution < -0.4 is 0 Å². The van der Waals surface area contributed by atoms with E-state index in [-0.39, 0.29) is 16.9 Å². The van der Waals surface area contributed by atoms with E-state index in [0.717, 1.165) is 10.5 Å². The van der Waals surface area contributed by atoms with Gasteiger partial charge in [-0.05, 0) is 36.8 Å². The minimum atomic E-state index is -0.243. The van der Waals surface area contributed by atoms with Crippen molar-refractivity contribution >= 4 is 17.5 Å². The van der Waals surface area contributed by atoms with E-state index in [4.69, 9.17) is 0 Å². The van der Waals surface area contributed by atoms with Crippen LogP contribution in [0.5, 0.6) is 0 Å². The predicted molar refractivity (Wildman–Crippen MR) is 76.7 cm³/mol. The Balaban J connectivity index is 2.19. The molecule has 0 fully saturated rings. The molecule has 0 saturated carbocycles. The number of ketones is 1. The van der Waals surface area contributed by atoms with Crippen molar-refractivity contribution in [3.05, 3.63) is 66.0 Å². The first kappa shape index (κ1) is 13.8. The molecule has 2 aromatic carbocycles. The van der Waals surface area contributed by atoms with Crippen molar-refractivity contribution < 1.29 is 9.18 Å². The number of carbonyl (C=O) groups is 1. The van der Waals surface area contributed by atoms with Gasteiger partial charge in [0.2, 0.25) is 0 Å². The number of carbonyl (C=O) groups excluding carboxylic acids is 1. The van der Waals surface area contributed by atoms with Gasteiger partial charge < -0.3 is 0 Å². The third kappa shape index (κ3) is 4.21. The van der Waals surface area contributed by atoms with Gasteiger partial charge in [0.05, 0.1) is 0 Å². The number of halogens is 1. The normalized spacial score (nSPS) is 12.1. The number of hydrogen-bond donors (Lipinski definition) is 0. The predicted octanol–water partition coefficient (Wildman–Crippen LogP) is 4.64. The summed E-state index contributed by atoms with van der Waals surface area (Å²) in [5.41, 5.74) is 1.12. The first-order chi connectivity index (χ1) is 9.15. The second-order valence-corrected chi connectivity index (χ2v) is 5.65. The van der Waals surface area contributed by atoms with E-state index in [1.54, 1.807) is 30.8 Å². The van der Waals surface area contributed by atoms with E-state index in [2.05, 4.69) is 0 Å². The average Bonchev–Trinajstić information content (AvgIpc) is 2.41. The summed E-state index contributed by atoms with van der Waals surface area (Å²) in [6.07, 6.45) is 0.478. The topological polar surface area (TPSA) is 17.1 Å². The van der Waals surface area contributed by atoms with Crippen LogP contribution in [0, 0.1) is 5.82 Å². The largest absolute Gasteiger partial charge is 0.300 e. The number of benzene rings is 2. The summed E-state index contributed by atoms with van der Waals surface area (Å²) in [7, 11) is 0. The lowest BCUT2D eigenvalue weighted by atomic mass is 10.1. The van der Waals surface area contributed by atoms with Gasteiger partial charge in [0.25, 0.3) is 0 Å². The van der Waals surface area contributed by atoms with Gasteiger partial charge in [-0.1, -0.05) is 30.3 Å². The highest BCUT2D eigenvalue weighted by atomic mass is 32.2. The lowest BCUT2D eigenvalue weighted by molar-refractivity contribution is -0.117. The van der Waals surface area contributed by atoms with E-state index in [9.17, 15) is 9.18 Å². The van der Waals surface area contributed by atoms with Crippen LogP contribution in [-0.2, 0) is 4.79 Å². The zero-order chi connectivity index (χ0) is 13.7. The first-order valence-corrected chi connectivity index (χ1v) is 7.00. The van der Waals surface area contributed by atoms with Crippen LogP contribution in [0.3, 0.4) is 0 Å². The molecule has 0 spiro atoms. The Hall–Kier alpha value is -1.61. The summed E-state index contributed by atoms with van der Waals surface area (Å²) in [5.74, 6) is -0.0874. The number of rotatable bonds is 5. The highest BCUT2D eigenvalue weighted by molar-refractivity contribution is 7.99. The van der Waals surface area contributed by atoms with Crippen LogP contribution in [0.1, 0.15) is 24.2 Å². The number of Topliss-reactive ketones (excluding diaryl/α,β-unsaturated/α-hetero) is 1. The van der Waals surface area contributed by atoms with Crippen molar-refractivity contribution in [3.63, 3.8) is 0 Å². The van der Waals surface area contributed by atoms with Crippen LogP contribution in [-0.4, -0.2) is 5.78 Å². The summed E-state index contributed by atoms with van der Waals surface area (Å²) in [6, 6.07) is 16.3. The lowest BCUT2D eigenvalue weighted by Crippen LogP contribution is -2.00. The maximum Gasteiger partial charge on any atom is 0.131 e. The second-order valence-electron chi connectivity index (χ2n) is 4.38. The van der Waals surface area contributed by atoms with Crippen molar-refractivity contribution in [1.82, 2.24) is 0 Å². The monoisotopic (exact) mass is 274 g/mol. The molecule has 98 valence electrons. The molecule has 3 heteroatoms. The Morgan fingerprint density at radius 2 is 1.74 bits per heavy atom. The Kier molecular flexibility index (Phi) is 4.74. The van der Waals surface area contributed by atoms with Crippen LogP contribution in [0.15, 0.2) is 59.5 Å². The molecule has 0 bridgehead atoms. The summed E-state index contributed by atoms with van der Waals surface area (Å²) in [6.45, 7) is 1.60. The minimum absolute atomic E-state index is 0.0733. The van der Waals surface area contributed by atoms with Gasteiger partial charge in [0.15, 0.2) is 0 Å². The molecule has 1 nitrogen and oxygen atoms in total. The van der Waals surface area contributed by atoms with Crippen LogP contribution >= 0.6 is 11.8 Å². The summed E-state index contributed by atoms with van der Waals surface area (Å²) in [4.78, 5) is 12.4. The third-order valence-corrected chi connectivity index (χ3v) is 4.00. The molecular weight excluding hydrogens is 259 g/mol. The fourth-order valence-electron chi connectivity index (χ4n) is 1.83. The highest BCUT2D eigenvalue weighted by Crippen LogP contribution is 2.37. The number of thioether (sulfide) groups is 1. The third-order valence-electron chi connectivity index (χ3n) is 2.74. The molecule has 2 rings (SSSR count). The van der Waals surface area contributed by atoms with Crippen molar-refractivity contribution in [2.45, 2.75) is 23.5 Å². The van der Waals surface area contributed by atoms with Gasteiger partial charge in [-0.2, -0.15) is 0 Å². The van der Waals surface area contributed by atoms with Gasteiger partial charge in [0, 0.05) is 16.6 Å². The molecular formula is C16H15FOS. The molecule has 19 heavy (non-hydrogen) atoms. The smallest absolute Gasteiger partial charge is 0.131 e. The van der Waals surface area contributed by atoms with Crippen LogP contribution in [0.2, 0.25) is 0 Å². The van der Waals surface area contributed by atoms with E-state index >= 15 is 0 Å². The first-order valence-electron chi connectivity index (χ1n) is 6.12. The Morgan fingerprint density at radius 3 is 2.32 bits per heavy atom. The highest BCUT2D eigenvalue weighted by Gasteiger charge is 2.15. The maximum absolute atomic E-state index is 12.9. The molecule has 2 aromatic rings. The molecule has 1 unspecified atom stereocenters. The summed E-state index contributed by atoms with van der Waals surface area (Å²) in [5, 5.41) is 0.0733. The zero-order valence-electron chi connectivity index (χ0n) is 10.7. The summed E-state index contributed by atoms with van der Waals surface area (Å²) < 4.78 is 12.9. The molecule has 0 aliphatic rings. The molecule has 0 amide bonds. The van der Waals surface area contributed by atoms with Gasteiger partial charge >= 0.3 is 0 Å². The lowest BCUT2D eigenvalue weighted by Gasteiger charge is -2.15. The quantitative estimate of drug-likeness (QED) is 0.739. The molecule has 0 aliphatic carbocycles. The maximum atomic E-state index is 12.9. The Morgan fingerprint density at radius 1 is 1.11 bits per heavy atom. The van der Waals surface area contributed by atoms with Crippen molar-refractivity contribution in [3.8, 4) is 0 Å². The molecule has 0 N–H and O–H groups in total. The Bertz CT molecular complexity index is 536. The van der Waals surface area contributed by atoms with E-state index < -0.39 is 0 Å². The summed E-state index contributed by atoms with van der Waals surface area (Å²) >= 11 is 1.59. The van der Waals surface area contributed by atoms with Crippen LogP contribution in [0.4, 0.5) is 4.39 Å². The second kappa shape index (κ2) is 6.53. The van der Waals surface area contributed by atoms with Crippen molar-refractivity contribution in [1.29, 1.82) is 0 Å². The van der Waals surface area contributed by atoms with Gasteiger partial charge in [0.1, 0.15) is 11.6 Å². The molecule has 1 atom stereocenters. The average molecular weight is 274 g/mol. The minimum Gasteiger partial charge on any atom is -0.300 e. The number of hydrogen-bond acceptors (Lipinski definition) is 2.